The van der Waals surface area contributed by atoms with Crippen molar-refractivity contribution >= 4 is 19.7 Å². The molecule has 0 aromatic heterocycles. The van der Waals surface area contributed by atoms with Gasteiger partial charge in [0.25, 0.3) is 0 Å². The number of halogens is 1. The van der Waals surface area contributed by atoms with E-state index in [1.807, 2.05) is 0 Å². The second-order valence-corrected chi connectivity index (χ2v) is 8.04. The number of hydrogen-bond acceptors (Lipinski definition) is 3. The van der Waals surface area contributed by atoms with E-state index in [0.29, 0.717) is 11.8 Å². The van der Waals surface area contributed by atoms with Gasteiger partial charge in [0.05, 0.1) is 5.75 Å². The maximum Gasteiger partial charge on any atom is 0.232 e. The molecule has 3 nitrogen and oxygen atoms in total. The monoisotopic (exact) mass is 281 g/mol. The predicted octanol–water partition coefficient (Wildman–Crippen LogP) is 2.85. The summed E-state index contributed by atoms with van der Waals surface area (Å²) in [5.74, 6) is 0.0950. The Morgan fingerprint density at radius 2 is 1.71 bits per heavy atom. The number of hydrogen-bond donors (Lipinski definition) is 0. The van der Waals surface area contributed by atoms with E-state index >= 15 is 0 Å². The lowest BCUT2D eigenvalue weighted by Gasteiger charge is -2.41. The van der Waals surface area contributed by atoms with Gasteiger partial charge in [0, 0.05) is 10.7 Å². The average molecular weight is 282 g/mol. The van der Waals surface area contributed by atoms with Gasteiger partial charge in [-0.25, -0.2) is 8.42 Å². The number of likely N-dealkylation sites (tertiary alicyclic amines) is 1. The van der Waals surface area contributed by atoms with Crippen molar-refractivity contribution < 1.29 is 8.42 Å². The SMILES string of the molecule is CCC1(CC)CCN(CCCS(=O)(=O)Cl)CC1. The molecule has 0 aromatic rings. The van der Waals surface area contributed by atoms with Gasteiger partial charge in [0.1, 0.15) is 0 Å². The highest BCUT2D eigenvalue weighted by Gasteiger charge is 2.30. The van der Waals surface area contributed by atoms with Crippen molar-refractivity contribution in [2.45, 2.75) is 46.0 Å². The van der Waals surface area contributed by atoms with Crippen molar-refractivity contribution in [3.63, 3.8) is 0 Å². The first-order valence-corrected chi connectivity index (χ1v) is 9.03. The van der Waals surface area contributed by atoms with E-state index in [4.69, 9.17) is 10.7 Å². The average Bonchev–Trinajstić information content (AvgIpc) is 2.29. The molecule has 0 saturated carbocycles. The smallest absolute Gasteiger partial charge is 0.232 e. The molecule has 0 unspecified atom stereocenters. The number of rotatable bonds is 6. The Hall–Kier alpha value is 0.200. The summed E-state index contributed by atoms with van der Waals surface area (Å²) in [4.78, 5) is 2.37. The van der Waals surface area contributed by atoms with Crippen molar-refractivity contribution in [3.8, 4) is 0 Å². The third kappa shape index (κ3) is 5.14. The van der Waals surface area contributed by atoms with Crippen LogP contribution in [0.3, 0.4) is 0 Å². The molecule has 1 rings (SSSR count). The zero-order chi connectivity index (χ0) is 12.9. The first-order chi connectivity index (χ1) is 7.91. The lowest BCUT2D eigenvalue weighted by atomic mass is 9.74. The van der Waals surface area contributed by atoms with Gasteiger partial charge in [-0.05, 0) is 44.3 Å². The predicted molar refractivity (Wildman–Crippen MR) is 72.9 cm³/mol. The fraction of sp³-hybridized carbons (Fsp3) is 1.00. The Morgan fingerprint density at radius 1 is 1.18 bits per heavy atom. The zero-order valence-corrected chi connectivity index (χ0v) is 12.5. The molecule has 0 spiro atoms. The Labute approximate surface area is 110 Å². The van der Waals surface area contributed by atoms with Gasteiger partial charge >= 0.3 is 0 Å². The van der Waals surface area contributed by atoms with E-state index in [9.17, 15) is 8.42 Å². The number of piperidine rings is 1. The molecular formula is C12H24ClNO2S. The Bertz CT molecular complexity index is 315. The Kier molecular flexibility index (Phi) is 5.74. The first kappa shape index (κ1) is 15.3. The second kappa shape index (κ2) is 6.39. The van der Waals surface area contributed by atoms with Gasteiger partial charge in [-0.2, -0.15) is 0 Å². The molecule has 0 aromatic carbocycles. The highest BCUT2D eigenvalue weighted by molar-refractivity contribution is 8.13. The largest absolute Gasteiger partial charge is 0.303 e. The molecule has 1 aliphatic heterocycles. The summed E-state index contributed by atoms with van der Waals surface area (Å²) in [6.07, 6.45) is 5.65. The van der Waals surface area contributed by atoms with Crippen molar-refractivity contribution in [3.05, 3.63) is 0 Å². The van der Waals surface area contributed by atoms with E-state index in [1.54, 1.807) is 0 Å². The maximum atomic E-state index is 10.8. The fourth-order valence-electron chi connectivity index (χ4n) is 2.67. The van der Waals surface area contributed by atoms with Gasteiger partial charge in [0.15, 0.2) is 0 Å². The fourth-order valence-corrected chi connectivity index (χ4v) is 3.47. The summed E-state index contributed by atoms with van der Waals surface area (Å²) in [6.45, 7) is 7.61. The molecule has 0 amide bonds. The molecule has 102 valence electrons. The maximum absolute atomic E-state index is 10.8. The van der Waals surface area contributed by atoms with Crippen LogP contribution in [0.1, 0.15) is 46.0 Å². The standard InChI is InChI=1S/C12H24ClNO2S/c1-3-12(4-2)6-9-14(10-7-12)8-5-11-17(13,15)16/h3-11H2,1-2H3. The van der Waals surface area contributed by atoms with Crippen LogP contribution in [-0.4, -0.2) is 38.7 Å². The van der Waals surface area contributed by atoms with Gasteiger partial charge in [-0.1, -0.05) is 26.7 Å². The molecule has 5 heteroatoms. The zero-order valence-electron chi connectivity index (χ0n) is 10.9. The van der Waals surface area contributed by atoms with Crippen molar-refractivity contribution in [1.29, 1.82) is 0 Å². The molecule has 0 bridgehead atoms. The Morgan fingerprint density at radius 3 is 2.12 bits per heavy atom. The normalized spacial score (nSPS) is 21.6. The molecule has 0 aliphatic carbocycles. The van der Waals surface area contributed by atoms with Crippen LogP contribution in [-0.2, 0) is 9.05 Å². The Balaban J connectivity index is 2.28. The van der Waals surface area contributed by atoms with Crippen LogP contribution in [0, 0.1) is 5.41 Å². The molecular weight excluding hydrogens is 258 g/mol. The highest BCUT2D eigenvalue weighted by atomic mass is 35.7. The van der Waals surface area contributed by atoms with Gasteiger partial charge < -0.3 is 4.90 Å². The molecule has 1 fully saturated rings. The van der Waals surface area contributed by atoms with Crippen LogP contribution >= 0.6 is 10.7 Å². The molecule has 1 aliphatic rings. The van der Waals surface area contributed by atoms with Crippen molar-refractivity contribution in [2.24, 2.45) is 5.41 Å². The van der Waals surface area contributed by atoms with Crippen LogP contribution in [0.2, 0.25) is 0 Å². The van der Waals surface area contributed by atoms with Crippen LogP contribution in [0.4, 0.5) is 0 Å². The summed E-state index contributed by atoms with van der Waals surface area (Å²) in [7, 11) is 1.88. The summed E-state index contributed by atoms with van der Waals surface area (Å²) < 4.78 is 21.6. The summed E-state index contributed by atoms with van der Waals surface area (Å²) in [6, 6.07) is 0. The summed E-state index contributed by atoms with van der Waals surface area (Å²) in [5, 5.41) is 0. The van der Waals surface area contributed by atoms with Crippen LogP contribution in [0.5, 0.6) is 0 Å². The molecule has 17 heavy (non-hydrogen) atoms. The highest BCUT2D eigenvalue weighted by Crippen LogP contribution is 2.37. The van der Waals surface area contributed by atoms with Gasteiger partial charge in [0.2, 0.25) is 9.05 Å². The quantitative estimate of drug-likeness (QED) is 0.703. The van der Waals surface area contributed by atoms with Gasteiger partial charge in [-0.15, -0.1) is 0 Å². The van der Waals surface area contributed by atoms with Crippen LogP contribution < -0.4 is 0 Å². The van der Waals surface area contributed by atoms with E-state index in [0.717, 1.165) is 19.6 Å². The summed E-state index contributed by atoms with van der Waals surface area (Å²) >= 11 is 0. The summed E-state index contributed by atoms with van der Waals surface area (Å²) in [5.41, 5.74) is 0.537. The third-order valence-electron chi connectivity index (χ3n) is 4.28. The second-order valence-electron chi connectivity index (χ2n) is 5.15. The van der Waals surface area contributed by atoms with Crippen molar-refractivity contribution in [2.75, 3.05) is 25.4 Å². The van der Waals surface area contributed by atoms with Crippen LogP contribution in [0.15, 0.2) is 0 Å². The first-order valence-electron chi connectivity index (χ1n) is 6.55. The minimum atomic E-state index is -3.31. The molecule has 1 heterocycles. The molecule has 1 saturated heterocycles. The number of nitrogens with zero attached hydrogens (tertiary/aromatic N) is 1. The van der Waals surface area contributed by atoms with Crippen LogP contribution in [0.25, 0.3) is 0 Å². The van der Waals surface area contributed by atoms with E-state index < -0.39 is 9.05 Å². The molecule has 0 N–H and O–H groups in total. The molecule has 0 atom stereocenters. The minimum absolute atomic E-state index is 0.0950. The minimum Gasteiger partial charge on any atom is -0.303 e. The topological polar surface area (TPSA) is 37.4 Å². The molecule has 0 radical (unpaired) electrons. The van der Waals surface area contributed by atoms with E-state index in [1.165, 1.54) is 25.7 Å². The van der Waals surface area contributed by atoms with E-state index in [-0.39, 0.29) is 5.75 Å². The van der Waals surface area contributed by atoms with Crippen molar-refractivity contribution in [1.82, 2.24) is 4.90 Å². The lowest BCUT2D eigenvalue weighted by Crippen LogP contribution is -2.40. The van der Waals surface area contributed by atoms with E-state index in [2.05, 4.69) is 18.7 Å². The third-order valence-corrected chi connectivity index (χ3v) is 5.52. The van der Waals surface area contributed by atoms with Gasteiger partial charge in [-0.3, -0.25) is 0 Å². The lowest BCUT2D eigenvalue weighted by molar-refractivity contribution is 0.0958.